The SMILES string of the molecule is C[C@H]1C[C@@H]2[C@H](CC[C@]3(C)[C@@H](O)CC[C@@]23O)c2ccc(O)cc21. The van der Waals surface area contributed by atoms with Gasteiger partial charge in [-0.15, -0.1) is 0 Å². The number of benzene rings is 1. The number of phenolic OH excluding ortho intramolecular Hbond substituents is 1. The van der Waals surface area contributed by atoms with Crippen molar-refractivity contribution in [3.63, 3.8) is 0 Å². The summed E-state index contributed by atoms with van der Waals surface area (Å²) in [5.74, 6) is 1.25. The summed E-state index contributed by atoms with van der Waals surface area (Å²) in [5.41, 5.74) is 1.44. The van der Waals surface area contributed by atoms with Gasteiger partial charge in [0.1, 0.15) is 5.75 Å². The number of hydrogen-bond acceptors (Lipinski definition) is 3. The third kappa shape index (κ3) is 1.64. The normalized spacial score (nSPS) is 46.7. The van der Waals surface area contributed by atoms with E-state index in [2.05, 4.69) is 19.9 Å². The zero-order chi connectivity index (χ0) is 15.7. The van der Waals surface area contributed by atoms with Crippen molar-refractivity contribution >= 4 is 0 Å². The van der Waals surface area contributed by atoms with E-state index in [1.54, 1.807) is 6.07 Å². The highest BCUT2D eigenvalue weighted by molar-refractivity contribution is 5.43. The maximum atomic E-state index is 11.5. The molecular formula is C19H26O3. The molecule has 3 nitrogen and oxygen atoms in total. The summed E-state index contributed by atoms with van der Waals surface area (Å²) >= 11 is 0. The van der Waals surface area contributed by atoms with Crippen LogP contribution in [0.1, 0.15) is 68.9 Å². The molecule has 3 heteroatoms. The third-order valence-corrected chi connectivity index (χ3v) is 7.21. The summed E-state index contributed by atoms with van der Waals surface area (Å²) in [4.78, 5) is 0. The molecule has 1 aromatic carbocycles. The molecule has 3 N–H and O–H groups in total. The van der Waals surface area contributed by atoms with Gasteiger partial charge in [0.25, 0.3) is 0 Å². The number of fused-ring (bicyclic) bond motifs is 5. The van der Waals surface area contributed by atoms with Crippen molar-refractivity contribution in [1.29, 1.82) is 0 Å². The van der Waals surface area contributed by atoms with Gasteiger partial charge in [0.15, 0.2) is 0 Å². The average Bonchev–Trinajstić information content (AvgIpc) is 2.73. The largest absolute Gasteiger partial charge is 0.508 e. The van der Waals surface area contributed by atoms with Gasteiger partial charge in [-0.1, -0.05) is 19.9 Å². The van der Waals surface area contributed by atoms with Gasteiger partial charge in [-0.05, 0) is 73.1 Å². The van der Waals surface area contributed by atoms with Gasteiger partial charge in [-0.25, -0.2) is 0 Å². The Morgan fingerprint density at radius 1 is 1.14 bits per heavy atom. The number of rotatable bonds is 0. The first-order valence-electron chi connectivity index (χ1n) is 8.60. The molecule has 0 spiro atoms. The number of aromatic hydroxyl groups is 1. The van der Waals surface area contributed by atoms with Crippen LogP contribution in [0.3, 0.4) is 0 Å². The van der Waals surface area contributed by atoms with Crippen molar-refractivity contribution in [2.24, 2.45) is 11.3 Å². The van der Waals surface area contributed by atoms with Crippen LogP contribution in [0.4, 0.5) is 0 Å². The molecular weight excluding hydrogens is 276 g/mol. The lowest BCUT2D eigenvalue weighted by atomic mass is 9.52. The van der Waals surface area contributed by atoms with Crippen LogP contribution in [0.25, 0.3) is 0 Å². The van der Waals surface area contributed by atoms with Crippen LogP contribution in [0.5, 0.6) is 5.75 Å². The summed E-state index contributed by atoms with van der Waals surface area (Å²) < 4.78 is 0. The van der Waals surface area contributed by atoms with Gasteiger partial charge in [0, 0.05) is 5.41 Å². The molecule has 0 amide bonds. The summed E-state index contributed by atoms with van der Waals surface area (Å²) in [7, 11) is 0. The van der Waals surface area contributed by atoms with Crippen LogP contribution in [-0.2, 0) is 0 Å². The minimum Gasteiger partial charge on any atom is -0.508 e. The van der Waals surface area contributed by atoms with E-state index in [1.165, 1.54) is 11.1 Å². The zero-order valence-corrected chi connectivity index (χ0v) is 13.4. The maximum Gasteiger partial charge on any atom is 0.115 e. The first-order valence-corrected chi connectivity index (χ1v) is 8.60. The lowest BCUT2D eigenvalue weighted by Gasteiger charge is -2.56. The third-order valence-electron chi connectivity index (χ3n) is 7.21. The highest BCUT2D eigenvalue weighted by Gasteiger charge is 2.64. The van der Waals surface area contributed by atoms with Crippen LogP contribution in [0.2, 0.25) is 0 Å². The Balaban J connectivity index is 1.81. The van der Waals surface area contributed by atoms with Crippen molar-refractivity contribution in [2.45, 2.75) is 69.5 Å². The van der Waals surface area contributed by atoms with E-state index in [1.807, 2.05) is 6.07 Å². The molecule has 0 bridgehead atoms. The number of aliphatic hydroxyl groups is 2. The lowest BCUT2D eigenvalue weighted by molar-refractivity contribution is -0.164. The van der Waals surface area contributed by atoms with Gasteiger partial charge >= 0.3 is 0 Å². The molecule has 0 unspecified atom stereocenters. The maximum absolute atomic E-state index is 11.5. The van der Waals surface area contributed by atoms with Gasteiger partial charge < -0.3 is 15.3 Å². The summed E-state index contributed by atoms with van der Waals surface area (Å²) in [5, 5.41) is 31.8. The van der Waals surface area contributed by atoms with Gasteiger partial charge in [0.2, 0.25) is 0 Å². The molecule has 2 saturated carbocycles. The molecule has 0 saturated heterocycles. The molecule has 0 aromatic heterocycles. The number of hydrogen-bond donors (Lipinski definition) is 3. The van der Waals surface area contributed by atoms with E-state index in [0.717, 1.165) is 19.3 Å². The van der Waals surface area contributed by atoms with E-state index >= 15 is 0 Å². The Kier molecular flexibility index (Phi) is 2.96. The zero-order valence-electron chi connectivity index (χ0n) is 13.4. The summed E-state index contributed by atoms with van der Waals surface area (Å²) in [6.45, 7) is 4.27. The minimum atomic E-state index is -0.751. The number of aliphatic hydroxyl groups excluding tert-OH is 1. The molecule has 3 aliphatic carbocycles. The van der Waals surface area contributed by atoms with Crippen molar-refractivity contribution in [1.82, 2.24) is 0 Å². The molecule has 4 rings (SSSR count). The van der Waals surface area contributed by atoms with E-state index < -0.39 is 5.60 Å². The van der Waals surface area contributed by atoms with Crippen LogP contribution in [0, 0.1) is 11.3 Å². The Labute approximate surface area is 132 Å². The smallest absolute Gasteiger partial charge is 0.115 e. The molecule has 2 fully saturated rings. The fraction of sp³-hybridized carbons (Fsp3) is 0.684. The van der Waals surface area contributed by atoms with Crippen LogP contribution < -0.4 is 0 Å². The van der Waals surface area contributed by atoms with E-state index in [4.69, 9.17) is 0 Å². The first kappa shape index (κ1) is 14.5. The molecule has 1 aromatic rings. The predicted molar refractivity (Wildman–Crippen MR) is 84.9 cm³/mol. The Morgan fingerprint density at radius 3 is 2.68 bits per heavy atom. The second-order valence-corrected chi connectivity index (χ2v) is 8.10. The molecule has 0 radical (unpaired) electrons. The lowest BCUT2D eigenvalue weighted by Crippen LogP contribution is -2.57. The standard InChI is InChI=1S/C19H26O3/c1-11-9-16-14(13-4-3-12(20)10-15(11)13)5-7-18(2)17(21)6-8-19(16,18)22/h3-4,10-11,14,16-17,20-22H,5-9H2,1-2H3/t11-,14+,16+,17-,18+,19+/m0/s1. The molecule has 3 aliphatic rings. The fourth-order valence-corrected chi connectivity index (χ4v) is 5.80. The second-order valence-electron chi connectivity index (χ2n) is 8.10. The Morgan fingerprint density at radius 2 is 1.91 bits per heavy atom. The molecule has 0 aliphatic heterocycles. The fourth-order valence-electron chi connectivity index (χ4n) is 5.80. The van der Waals surface area contributed by atoms with Crippen LogP contribution >= 0.6 is 0 Å². The summed E-state index contributed by atoms with van der Waals surface area (Å²) in [6, 6.07) is 5.72. The Hall–Kier alpha value is -1.06. The van der Waals surface area contributed by atoms with E-state index in [9.17, 15) is 15.3 Å². The Bertz CT molecular complexity index is 613. The van der Waals surface area contributed by atoms with Crippen molar-refractivity contribution in [3.05, 3.63) is 29.3 Å². The van der Waals surface area contributed by atoms with E-state index in [0.29, 0.717) is 30.4 Å². The van der Waals surface area contributed by atoms with E-state index in [-0.39, 0.29) is 17.4 Å². The molecule has 6 atom stereocenters. The van der Waals surface area contributed by atoms with Crippen molar-refractivity contribution < 1.29 is 15.3 Å². The molecule has 120 valence electrons. The molecule has 0 heterocycles. The highest BCUT2D eigenvalue weighted by Crippen LogP contribution is 2.64. The topological polar surface area (TPSA) is 60.7 Å². The van der Waals surface area contributed by atoms with Crippen LogP contribution in [-0.4, -0.2) is 27.0 Å². The number of phenols is 1. The predicted octanol–water partition coefficient (Wildman–Crippen LogP) is 3.29. The van der Waals surface area contributed by atoms with Crippen LogP contribution in [0.15, 0.2) is 18.2 Å². The van der Waals surface area contributed by atoms with Gasteiger partial charge in [-0.3, -0.25) is 0 Å². The first-order chi connectivity index (χ1) is 10.4. The van der Waals surface area contributed by atoms with Crippen molar-refractivity contribution in [3.8, 4) is 5.75 Å². The summed E-state index contributed by atoms with van der Waals surface area (Å²) in [6.07, 6.45) is 3.89. The average molecular weight is 302 g/mol. The van der Waals surface area contributed by atoms with Gasteiger partial charge in [0.05, 0.1) is 11.7 Å². The molecule has 22 heavy (non-hydrogen) atoms. The highest BCUT2D eigenvalue weighted by atomic mass is 16.3. The van der Waals surface area contributed by atoms with Gasteiger partial charge in [-0.2, -0.15) is 0 Å². The monoisotopic (exact) mass is 302 g/mol. The quantitative estimate of drug-likeness (QED) is 0.689. The second kappa shape index (κ2) is 4.48. The van der Waals surface area contributed by atoms with Crippen molar-refractivity contribution in [2.75, 3.05) is 0 Å². The minimum absolute atomic E-state index is 0.218.